The van der Waals surface area contributed by atoms with E-state index >= 15 is 0 Å². The van der Waals surface area contributed by atoms with E-state index in [1.165, 1.54) is 11.3 Å². The summed E-state index contributed by atoms with van der Waals surface area (Å²) in [6, 6.07) is 3.68. The van der Waals surface area contributed by atoms with Gasteiger partial charge in [0, 0.05) is 15.5 Å². The number of carbonyl (C=O) groups excluding carboxylic acids is 1. The number of amides is 1. The van der Waals surface area contributed by atoms with Crippen molar-refractivity contribution in [3.8, 4) is 11.5 Å². The van der Waals surface area contributed by atoms with Gasteiger partial charge in [0.25, 0.3) is 0 Å². The molecule has 7 heteroatoms. The first-order chi connectivity index (χ1) is 11.0. The molecule has 0 fully saturated rings. The average Bonchev–Trinajstić information content (AvgIpc) is 2.89. The summed E-state index contributed by atoms with van der Waals surface area (Å²) in [6.45, 7) is 6.86. The number of benzene rings is 1. The summed E-state index contributed by atoms with van der Waals surface area (Å²) in [6.07, 6.45) is 1.96. The minimum Gasteiger partial charge on any atom is -0.490 e. The van der Waals surface area contributed by atoms with Gasteiger partial charge in [-0.15, -0.1) is 11.3 Å². The SMILES string of the molecule is CCOc1cc(Br)c(CC(=O)Nc2ncc(C)s2)cc1OCC. The van der Waals surface area contributed by atoms with E-state index in [9.17, 15) is 4.79 Å². The number of nitrogens with one attached hydrogen (secondary N) is 1. The highest BCUT2D eigenvalue weighted by atomic mass is 79.9. The van der Waals surface area contributed by atoms with Crippen molar-refractivity contribution in [3.63, 3.8) is 0 Å². The number of thiazole rings is 1. The molecule has 0 saturated heterocycles. The molecule has 0 aliphatic heterocycles. The lowest BCUT2D eigenvalue weighted by molar-refractivity contribution is -0.115. The van der Waals surface area contributed by atoms with Crippen LogP contribution in [0.15, 0.2) is 22.8 Å². The van der Waals surface area contributed by atoms with Gasteiger partial charge in [-0.2, -0.15) is 0 Å². The molecular weight excluding hydrogens is 380 g/mol. The fourth-order valence-corrected chi connectivity index (χ4v) is 3.14. The van der Waals surface area contributed by atoms with Crippen LogP contribution < -0.4 is 14.8 Å². The number of aryl methyl sites for hydroxylation is 1. The normalized spacial score (nSPS) is 10.4. The van der Waals surface area contributed by atoms with E-state index in [4.69, 9.17) is 9.47 Å². The monoisotopic (exact) mass is 398 g/mol. The zero-order valence-electron chi connectivity index (χ0n) is 13.3. The van der Waals surface area contributed by atoms with Crippen molar-refractivity contribution in [2.45, 2.75) is 27.2 Å². The van der Waals surface area contributed by atoms with Gasteiger partial charge in [0.15, 0.2) is 16.6 Å². The third-order valence-corrected chi connectivity index (χ3v) is 4.50. The molecule has 0 saturated carbocycles. The largest absolute Gasteiger partial charge is 0.490 e. The number of halogens is 1. The van der Waals surface area contributed by atoms with E-state index in [1.807, 2.05) is 32.9 Å². The van der Waals surface area contributed by atoms with Crippen LogP contribution in [-0.2, 0) is 11.2 Å². The first-order valence-corrected chi connectivity index (χ1v) is 8.94. The van der Waals surface area contributed by atoms with Gasteiger partial charge in [-0.3, -0.25) is 4.79 Å². The molecule has 1 heterocycles. The summed E-state index contributed by atoms with van der Waals surface area (Å²) in [5.41, 5.74) is 0.836. The molecule has 1 aromatic carbocycles. The van der Waals surface area contributed by atoms with Gasteiger partial charge in [-0.05, 0) is 38.5 Å². The van der Waals surface area contributed by atoms with Crippen molar-refractivity contribution in [2.75, 3.05) is 18.5 Å². The Morgan fingerprint density at radius 3 is 2.48 bits per heavy atom. The van der Waals surface area contributed by atoms with Gasteiger partial charge in [0.2, 0.25) is 5.91 Å². The van der Waals surface area contributed by atoms with Crippen molar-refractivity contribution in [1.82, 2.24) is 4.98 Å². The Labute approximate surface area is 148 Å². The fraction of sp³-hybridized carbons (Fsp3) is 0.375. The molecule has 0 aliphatic rings. The minimum absolute atomic E-state index is 0.119. The van der Waals surface area contributed by atoms with Crippen LogP contribution in [0.2, 0.25) is 0 Å². The number of hydrogen-bond donors (Lipinski definition) is 1. The van der Waals surface area contributed by atoms with E-state index in [2.05, 4.69) is 26.2 Å². The summed E-state index contributed by atoms with van der Waals surface area (Å²) < 4.78 is 12.0. The molecule has 23 heavy (non-hydrogen) atoms. The van der Waals surface area contributed by atoms with Gasteiger partial charge in [-0.1, -0.05) is 15.9 Å². The van der Waals surface area contributed by atoms with Crippen molar-refractivity contribution in [2.24, 2.45) is 0 Å². The highest BCUT2D eigenvalue weighted by Crippen LogP contribution is 2.34. The molecular formula is C16H19BrN2O3S. The van der Waals surface area contributed by atoms with Crippen LogP contribution in [0, 0.1) is 6.92 Å². The van der Waals surface area contributed by atoms with Crippen molar-refractivity contribution in [1.29, 1.82) is 0 Å². The molecule has 5 nitrogen and oxygen atoms in total. The maximum Gasteiger partial charge on any atom is 0.230 e. The quantitative estimate of drug-likeness (QED) is 0.759. The number of rotatable bonds is 7. The van der Waals surface area contributed by atoms with E-state index in [1.54, 1.807) is 6.20 Å². The molecule has 1 amide bonds. The first-order valence-electron chi connectivity index (χ1n) is 7.33. The second-order valence-electron chi connectivity index (χ2n) is 4.76. The fourth-order valence-electron chi connectivity index (χ4n) is 2.00. The molecule has 2 aromatic rings. The number of ether oxygens (including phenoxy) is 2. The van der Waals surface area contributed by atoms with Crippen molar-refractivity contribution < 1.29 is 14.3 Å². The molecule has 0 unspecified atom stereocenters. The summed E-state index contributed by atoms with van der Waals surface area (Å²) in [5, 5.41) is 3.42. The van der Waals surface area contributed by atoms with Crippen molar-refractivity contribution in [3.05, 3.63) is 33.2 Å². The molecule has 124 valence electrons. The maximum absolute atomic E-state index is 12.2. The first kappa shape index (κ1) is 17.7. The second-order valence-corrected chi connectivity index (χ2v) is 6.85. The molecule has 1 aromatic heterocycles. The smallest absolute Gasteiger partial charge is 0.230 e. The lowest BCUT2D eigenvalue weighted by Gasteiger charge is -2.14. The van der Waals surface area contributed by atoms with Gasteiger partial charge in [-0.25, -0.2) is 4.98 Å². The average molecular weight is 399 g/mol. The zero-order valence-corrected chi connectivity index (χ0v) is 15.7. The van der Waals surface area contributed by atoms with Crippen molar-refractivity contribution >= 4 is 38.3 Å². The lowest BCUT2D eigenvalue weighted by Crippen LogP contribution is -2.14. The third-order valence-electron chi connectivity index (χ3n) is 2.93. The Kier molecular flexibility index (Phi) is 6.41. The molecule has 0 radical (unpaired) electrons. The lowest BCUT2D eigenvalue weighted by atomic mass is 10.1. The molecule has 0 bridgehead atoms. The van der Waals surface area contributed by atoms with Crippen LogP contribution in [0.4, 0.5) is 5.13 Å². The number of carbonyl (C=O) groups is 1. The number of hydrogen-bond acceptors (Lipinski definition) is 5. The Balaban J connectivity index is 2.14. The second kappa shape index (κ2) is 8.31. The van der Waals surface area contributed by atoms with Crippen LogP contribution in [0.5, 0.6) is 11.5 Å². The van der Waals surface area contributed by atoms with Crippen LogP contribution in [0.3, 0.4) is 0 Å². The van der Waals surface area contributed by atoms with E-state index < -0.39 is 0 Å². The minimum atomic E-state index is -0.119. The maximum atomic E-state index is 12.2. The number of aromatic nitrogens is 1. The van der Waals surface area contributed by atoms with Crippen LogP contribution in [-0.4, -0.2) is 24.1 Å². The van der Waals surface area contributed by atoms with Gasteiger partial charge in [0.1, 0.15) is 0 Å². The van der Waals surface area contributed by atoms with Gasteiger partial charge in [0.05, 0.1) is 19.6 Å². The van der Waals surface area contributed by atoms with Crippen LogP contribution in [0.1, 0.15) is 24.3 Å². The number of anilines is 1. The topological polar surface area (TPSA) is 60.5 Å². The summed E-state index contributed by atoms with van der Waals surface area (Å²) in [7, 11) is 0. The molecule has 0 atom stereocenters. The summed E-state index contributed by atoms with van der Waals surface area (Å²) >= 11 is 4.94. The highest BCUT2D eigenvalue weighted by Gasteiger charge is 2.14. The van der Waals surface area contributed by atoms with Gasteiger partial charge < -0.3 is 14.8 Å². The predicted octanol–water partition coefficient (Wildman–Crippen LogP) is 4.19. The van der Waals surface area contributed by atoms with E-state index in [0.717, 1.165) is 14.9 Å². The molecule has 0 spiro atoms. The Morgan fingerprint density at radius 2 is 1.91 bits per heavy atom. The van der Waals surface area contributed by atoms with Crippen LogP contribution in [0.25, 0.3) is 0 Å². The Hall–Kier alpha value is -1.60. The molecule has 1 N–H and O–H groups in total. The van der Waals surface area contributed by atoms with Gasteiger partial charge >= 0.3 is 0 Å². The predicted molar refractivity (Wildman–Crippen MR) is 95.7 cm³/mol. The van der Waals surface area contributed by atoms with Crippen LogP contribution >= 0.6 is 27.3 Å². The zero-order chi connectivity index (χ0) is 16.8. The third kappa shape index (κ3) is 4.94. The van der Waals surface area contributed by atoms with E-state index in [-0.39, 0.29) is 12.3 Å². The standard InChI is InChI=1S/C16H19BrN2O3S/c1-4-21-13-6-11(12(17)8-14(13)22-5-2)7-15(20)19-16-18-9-10(3)23-16/h6,8-9H,4-5,7H2,1-3H3,(H,18,19,20). The Morgan fingerprint density at radius 1 is 1.26 bits per heavy atom. The Bertz CT molecular complexity index is 688. The molecule has 0 aliphatic carbocycles. The summed E-state index contributed by atoms with van der Waals surface area (Å²) in [5.74, 6) is 1.19. The molecule has 2 rings (SSSR count). The highest BCUT2D eigenvalue weighted by molar-refractivity contribution is 9.10. The number of nitrogens with zero attached hydrogens (tertiary/aromatic N) is 1. The van der Waals surface area contributed by atoms with E-state index in [0.29, 0.717) is 29.8 Å². The summed E-state index contributed by atoms with van der Waals surface area (Å²) in [4.78, 5) is 17.4.